The summed E-state index contributed by atoms with van der Waals surface area (Å²) >= 11 is 0. The third-order valence-electron chi connectivity index (χ3n) is 4.74. The van der Waals surface area contributed by atoms with Gasteiger partial charge in [0.1, 0.15) is 0 Å². The molecule has 22 heavy (non-hydrogen) atoms. The first-order valence-electron chi connectivity index (χ1n) is 8.15. The van der Waals surface area contributed by atoms with Gasteiger partial charge in [0, 0.05) is 23.8 Å². The molecule has 2 aromatic rings. The number of rotatable bonds is 5. The summed E-state index contributed by atoms with van der Waals surface area (Å²) in [4.78, 5) is 0. The third kappa shape index (κ3) is 2.94. The number of benzene rings is 1. The molecule has 1 heterocycles. The van der Waals surface area contributed by atoms with E-state index in [0.717, 1.165) is 17.9 Å². The van der Waals surface area contributed by atoms with Gasteiger partial charge < -0.3 is 10.4 Å². The Morgan fingerprint density at radius 2 is 2.14 bits per heavy atom. The molecule has 0 fully saturated rings. The van der Waals surface area contributed by atoms with Crippen LogP contribution in [-0.4, -0.2) is 21.5 Å². The zero-order valence-corrected chi connectivity index (χ0v) is 13.5. The molecule has 0 saturated carbocycles. The minimum absolute atomic E-state index is 0.130. The molecule has 4 heteroatoms. The molecule has 118 valence electrons. The van der Waals surface area contributed by atoms with Gasteiger partial charge in [0.15, 0.2) is 0 Å². The second-order valence-corrected chi connectivity index (χ2v) is 6.12. The van der Waals surface area contributed by atoms with E-state index in [1.807, 2.05) is 11.6 Å². The summed E-state index contributed by atoms with van der Waals surface area (Å²) in [7, 11) is 0. The van der Waals surface area contributed by atoms with Gasteiger partial charge in [0.2, 0.25) is 0 Å². The maximum absolute atomic E-state index is 9.11. The molecule has 0 aliphatic heterocycles. The van der Waals surface area contributed by atoms with Gasteiger partial charge >= 0.3 is 0 Å². The average Bonchev–Trinajstić information content (AvgIpc) is 2.80. The highest BCUT2D eigenvalue weighted by atomic mass is 16.3. The van der Waals surface area contributed by atoms with E-state index in [4.69, 9.17) is 5.11 Å². The van der Waals surface area contributed by atoms with Crippen LogP contribution in [0.2, 0.25) is 0 Å². The monoisotopic (exact) mass is 299 g/mol. The number of nitrogens with one attached hydrogen (secondary N) is 1. The number of hydrogen-bond donors (Lipinski definition) is 2. The Morgan fingerprint density at radius 3 is 2.95 bits per heavy atom. The van der Waals surface area contributed by atoms with Crippen LogP contribution in [0.5, 0.6) is 0 Å². The van der Waals surface area contributed by atoms with Crippen molar-refractivity contribution < 1.29 is 5.11 Å². The molecular formula is C18H25N3O. The lowest BCUT2D eigenvalue weighted by Gasteiger charge is -2.26. The van der Waals surface area contributed by atoms with Crippen molar-refractivity contribution in [3.05, 3.63) is 52.3 Å². The van der Waals surface area contributed by atoms with Crippen LogP contribution in [0.3, 0.4) is 0 Å². The normalized spacial score (nSPS) is 17.5. The molecule has 1 atom stereocenters. The minimum atomic E-state index is 0.130. The fourth-order valence-electron chi connectivity index (χ4n) is 3.49. The van der Waals surface area contributed by atoms with Gasteiger partial charge in [0.25, 0.3) is 0 Å². The van der Waals surface area contributed by atoms with Crippen molar-refractivity contribution in [2.75, 3.05) is 6.61 Å². The van der Waals surface area contributed by atoms with Crippen LogP contribution in [-0.2, 0) is 19.5 Å². The second-order valence-electron chi connectivity index (χ2n) is 6.12. The maximum Gasteiger partial charge on any atom is 0.0644 e. The van der Waals surface area contributed by atoms with Crippen molar-refractivity contribution in [3.63, 3.8) is 0 Å². The maximum atomic E-state index is 9.11. The van der Waals surface area contributed by atoms with Crippen LogP contribution in [0.15, 0.2) is 24.3 Å². The van der Waals surface area contributed by atoms with Gasteiger partial charge in [-0.15, -0.1) is 0 Å². The van der Waals surface area contributed by atoms with Gasteiger partial charge in [-0.25, -0.2) is 0 Å². The largest absolute Gasteiger partial charge is 0.394 e. The second kappa shape index (κ2) is 6.63. The number of aryl methyl sites for hydroxylation is 2. The quantitative estimate of drug-likeness (QED) is 0.892. The van der Waals surface area contributed by atoms with Crippen LogP contribution in [0.25, 0.3) is 0 Å². The van der Waals surface area contributed by atoms with Gasteiger partial charge in [0.05, 0.1) is 18.8 Å². The molecule has 0 bridgehead atoms. The lowest BCUT2D eigenvalue weighted by atomic mass is 9.87. The van der Waals surface area contributed by atoms with Crippen LogP contribution in [0.4, 0.5) is 0 Å². The average molecular weight is 299 g/mol. The highest BCUT2D eigenvalue weighted by Crippen LogP contribution is 2.30. The van der Waals surface area contributed by atoms with E-state index in [1.54, 1.807) is 0 Å². The summed E-state index contributed by atoms with van der Waals surface area (Å²) in [6, 6.07) is 9.20. The number of fused-ring (bicyclic) bond motifs is 1. The fourth-order valence-corrected chi connectivity index (χ4v) is 3.49. The van der Waals surface area contributed by atoms with Gasteiger partial charge in [-0.05, 0) is 44.2 Å². The number of aliphatic hydroxyl groups is 1. The molecule has 1 aliphatic carbocycles. The molecule has 1 aromatic carbocycles. The Kier molecular flexibility index (Phi) is 4.60. The zero-order chi connectivity index (χ0) is 15.5. The third-order valence-corrected chi connectivity index (χ3v) is 4.74. The van der Waals surface area contributed by atoms with E-state index < -0.39 is 0 Å². The smallest absolute Gasteiger partial charge is 0.0644 e. The number of aromatic nitrogens is 2. The first kappa shape index (κ1) is 15.3. The van der Waals surface area contributed by atoms with Crippen molar-refractivity contribution in [2.24, 2.45) is 0 Å². The molecule has 1 aliphatic rings. The summed E-state index contributed by atoms with van der Waals surface area (Å²) in [6.07, 6.45) is 3.64. The lowest BCUT2D eigenvalue weighted by Crippen LogP contribution is -2.25. The van der Waals surface area contributed by atoms with E-state index in [2.05, 4.69) is 41.6 Å². The summed E-state index contributed by atoms with van der Waals surface area (Å²) in [5.74, 6) is 0. The molecule has 4 nitrogen and oxygen atoms in total. The van der Waals surface area contributed by atoms with E-state index in [1.165, 1.54) is 36.0 Å². The summed E-state index contributed by atoms with van der Waals surface area (Å²) in [5, 5.41) is 17.4. The standard InChI is InChI=1S/C18H25N3O/c1-13-17(14(2)21(20-13)10-11-22)12-19-18-9-5-7-15-6-3-4-8-16(15)18/h3-4,6,8,18-19,22H,5,7,9-12H2,1-2H3. The highest BCUT2D eigenvalue weighted by Gasteiger charge is 2.20. The fraction of sp³-hybridized carbons (Fsp3) is 0.500. The van der Waals surface area contributed by atoms with Crippen molar-refractivity contribution in [2.45, 2.75) is 52.2 Å². The minimum Gasteiger partial charge on any atom is -0.394 e. The van der Waals surface area contributed by atoms with Crippen LogP contribution in [0.1, 0.15) is 47.0 Å². The molecule has 1 unspecified atom stereocenters. The zero-order valence-electron chi connectivity index (χ0n) is 13.5. The van der Waals surface area contributed by atoms with Gasteiger partial charge in [-0.2, -0.15) is 5.10 Å². The van der Waals surface area contributed by atoms with E-state index in [-0.39, 0.29) is 6.61 Å². The molecule has 0 amide bonds. The van der Waals surface area contributed by atoms with Crippen molar-refractivity contribution in [1.29, 1.82) is 0 Å². The highest BCUT2D eigenvalue weighted by molar-refractivity contribution is 5.32. The van der Waals surface area contributed by atoms with Crippen LogP contribution in [0, 0.1) is 13.8 Å². The van der Waals surface area contributed by atoms with Crippen molar-refractivity contribution in [1.82, 2.24) is 15.1 Å². The topological polar surface area (TPSA) is 50.1 Å². The summed E-state index contributed by atoms with van der Waals surface area (Å²) in [5.41, 5.74) is 6.41. The number of aliphatic hydroxyl groups excluding tert-OH is 1. The molecule has 0 saturated heterocycles. The first-order chi connectivity index (χ1) is 10.7. The Hall–Kier alpha value is -1.65. The number of nitrogens with zero attached hydrogens (tertiary/aromatic N) is 2. The first-order valence-corrected chi connectivity index (χ1v) is 8.15. The Morgan fingerprint density at radius 1 is 1.32 bits per heavy atom. The number of hydrogen-bond acceptors (Lipinski definition) is 3. The van der Waals surface area contributed by atoms with Crippen molar-refractivity contribution >= 4 is 0 Å². The molecule has 3 rings (SSSR count). The Bertz CT molecular complexity index is 648. The molecule has 0 radical (unpaired) electrons. The molecule has 1 aromatic heterocycles. The van der Waals surface area contributed by atoms with E-state index >= 15 is 0 Å². The molecule has 0 spiro atoms. The summed E-state index contributed by atoms with van der Waals surface area (Å²) in [6.45, 7) is 5.67. The van der Waals surface area contributed by atoms with Crippen molar-refractivity contribution in [3.8, 4) is 0 Å². The molecule has 2 N–H and O–H groups in total. The summed E-state index contributed by atoms with van der Waals surface area (Å²) < 4.78 is 1.90. The molecular weight excluding hydrogens is 274 g/mol. The van der Waals surface area contributed by atoms with Crippen LogP contribution >= 0.6 is 0 Å². The predicted octanol–water partition coefficient (Wildman–Crippen LogP) is 2.66. The van der Waals surface area contributed by atoms with E-state index in [0.29, 0.717) is 12.6 Å². The SMILES string of the molecule is Cc1nn(CCO)c(C)c1CNC1CCCc2ccccc21. The Labute approximate surface area is 132 Å². The van der Waals surface area contributed by atoms with Crippen LogP contribution < -0.4 is 5.32 Å². The lowest BCUT2D eigenvalue weighted by molar-refractivity contribution is 0.267. The predicted molar refractivity (Wildman–Crippen MR) is 87.7 cm³/mol. The van der Waals surface area contributed by atoms with Gasteiger partial charge in [-0.3, -0.25) is 4.68 Å². The van der Waals surface area contributed by atoms with E-state index in [9.17, 15) is 0 Å². The van der Waals surface area contributed by atoms with Gasteiger partial charge in [-0.1, -0.05) is 24.3 Å². The Balaban J connectivity index is 1.74.